The fourth-order valence-electron chi connectivity index (χ4n) is 0.761. The van der Waals surface area contributed by atoms with E-state index in [1.54, 1.807) is 18.7 Å². The van der Waals surface area contributed by atoms with Crippen LogP contribution in [-0.2, 0) is 4.79 Å². The van der Waals surface area contributed by atoms with Gasteiger partial charge in [-0.25, -0.2) is 0 Å². The summed E-state index contributed by atoms with van der Waals surface area (Å²) in [5.41, 5.74) is 0.689. The summed E-state index contributed by atoms with van der Waals surface area (Å²) in [5.74, 6) is 0.223. The van der Waals surface area contributed by atoms with Crippen LogP contribution < -0.4 is 0 Å². The third-order valence-corrected chi connectivity index (χ3v) is 5.02. The van der Waals surface area contributed by atoms with E-state index in [1.807, 2.05) is 5.41 Å². The molecule has 1 aliphatic heterocycles. The van der Waals surface area contributed by atoms with Crippen LogP contribution >= 0.6 is 11.8 Å². The van der Waals surface area contributed by atoms with E-state index in [0.29, 0.717) is 20.5 Å². The van der Waals surface area contributed by atoms with Crippen molar-refractivity contribution < 1.29 is 4.79 Å². The summed E-state index contributed by atoms with van der Waals surface area (Å²) in [7, 11) is 0. The quantitative estimate of drug-likeness (QED) is 0.534. The van der Waals surface area contributed by atoms with E-state index in [9.17, 15) is 4.79 Å². The fraction of sp³-hybridized carbons (Fsp3) is 0.375. The Kier molecular flexibility index (Phi) is 3.43. The minimum atomic E-state index is 0.164. The van der Waals surface area contributed by atoms with Crippen LogP contribution in [0.2, 0.25) is 5.32 Å². The first kappa shape index (κ1) is 9.11. The Bertz CT molecular complexity index is 210. The summed E-state index contributed by atoms with van der Waals surface area (Å²) >= 11 is 2.15. The number of allylic oxidation sites excluding steroid dienone is 1. The summed E-state index contributed by atoms with van der Waals surface area (Å²) in [4.78, 5) is 13.5. The van der Waals surface area contributed by atoms with Gasteiger partial charge in [-0.1, -0.05) is 0 Å². The molecule has 1 rings (SSSR count). The monoisotopic (exact) mass is 234 g/mol. The van der Waals surface area contributed by atoms with Gasteiger partial charge >= 0.3 is 77.3 Å². The second kappa shape index (κ2) is 4.15. The molecule has 0 fully saturated rings. The number of carbonyl (C=O) groups excluding carboxylic acids is 1. The van der Waals surface area contributed by atoms with Crippen LogP contribution in [0.3, 0.4) is 0 Å². The standard InChI is InChI=1S/C8H10OSSe/c1-6(2)8(9)7-5-11-4-3-10-7/h3-4,7H,1,5H2,2H3. The zero-order valence-corrected chi connectivity index (χ0v) is 8.90. The molecule has 0 saturated carbocycles. The number of ketones is 1. The molecule has 0 amide bonds. The van der Waals surface area contributed by atoms with Gasteiger partial charge in [0.2, 0.25) is 0 Å². The molecule has 1 aliphatic rings. The normalized spacial score (nSPS) is 23.2. The van der Waals surface area contributed by atoms with Crippen LogP contribution in [0.15, 0.2) is 22.5 Å². The summed E-state index contributed by atoms with van der Waals surface area (Å²) < 4.78 is 0. The molecule has 0 aromatic heterocycles. The van der Waals surface area contributed by atoms with Crippen molar-refractivity contribution in [3.8, 4) is 0 Å². The Morgan fingerprint density at radius 2 is 2.55 bits per heavy atom. The Labute approximate surface area is 77.5 Å². The summed E-state index contributed by atoms with van der Waals surface area (Å²) in [6.07, 6.45) is 0. The molecular weight excluding hydrogens is 223 g/mol. The molecule has 0 radical (unpaired) electrons. The van der Waals surface area contributed by atoms with Gasteiger partial charge in [-0.05, 0) is 0 Å². The fourth-order valence-corrected chi connectivity index (χ4v) is 4.21. The number of carbonyl (C=O) groups is 1. The molecule has 3 heteroatoms. The van der Waals surface area contributed by atoms with Crippen LogP contribution in [0.4, 0.5) is 0 Å². The van der Waals surface area contributed by atoms with Crippen LogP contribution in [0.5, 0.6) is 0 Å². The van der Waals surface area contributed by atoms with Crippen molar-refractivity contribution in [2.24, 2.45) is 0 Å². The molecule has 11 heavy (non-hydrogen) atoms. The molecule has 0 spiro atoms. The van der Waals surface area contributed by atoms with Gasteiger partial charge in [0.1, 0.15) is 0 Å². The molecule has 0 saturated heterocycles. The topological polar surface area (TPSA) is 17.1 Å². The Morgan fingerprint density at radius 3 is 3.00 bits per heavy atom. The van der Waals surface area contributed by atoms with Crippen LogP contribution in [0.25, 0.3) is 0 Å². The van der Waals surface area contributed by atoms with Crippen molar-refractivity contribution >= 4 is 32.5 Å². The van der Waals surface area contributed by atoms with Gasteiger partial charge in [0.05, 0.1) is 0 Å². The van der Waals surface area contributed by atoms with Gasteiger partial charge in [-0.3, -0.25) is 0 Å². The Morgan fingerprint density at radius 1 is 1.82 bits per heavy atom. The zero-order valence-electron chi connectivity index (χ0n) is 6.37. The molecule has 0 aliphatic carbocycles. The van der Waals surface area contributed by atoms with E-state index in [2.05, 4.69) is 11.6 Å². The first-order chi connectivity index (χ1) is 5.22. The van der Waals surface area contributed by atoms with Gasteiger partial charge in [-0.15, -0.1) is 0 Å². The van der Waals surface area contributed by atoms with Crippen molar-refractivity contribution in [2.45, 2.75) is 17.5 Å². The molecule has 1 unspecified atom stereocenters. The van der Waals surface area contributed by atoms with E-state index in [-0.39, 0.29) is 11.0 Å². The van der Waals surface area contributed by atoms with Crippen molar-refractivity contribution in [1.29, 1.82) is 0 Å². The van der Waals surface area contributed by atoms with Crippen LogP contribution in [-0.4, -0.2) is 26.0 Å². The number of thioether (sulfide) groups is 1. The molecule has 60 valence electrons. The Hall–Kier alpha value is 0.0195. The van der Waals surface area contributed by atoms with Crippen molar-refractivity contribution in [3.05, 3.63) is 22.5 Å². The summed E-state index contributed by atoms with van der Waals surface area (Å²) in [6, 6.07) is 0. The first-order valence-corrected chi connectivity index (χ1v) is 6.48. The maximum absolute atomic E-state index is 11.4. The predicted molar refractivity (Wildman–Crippen MR) is 50.9 cm³/mol. The molecule has 0 bridgehead atoms. The summed E-state index contributed by atoms with van der Waals surface area (Å²) in [5, 5.41) is 3.23. The van der Waals surface area contributed by atoms with E-state index in [1.165, 1.54) is 0 Å². The molecular formula is C8H10OSSe. The van der Waals surface area contributed by atoms with Crippen molar-refractivity contribution in [3.63, 3.8) is 0 Å². The zero-order chi connectivity index (χ0) is 8.27. The first-order valence-electron chi connectivity index (χ1n) is 3.33. The van der Waals surface area contributed by atoms with E-state index < -0.39 is 0 Å². The number of hydrogen-bond donors (Lipinski definition) is 0. The van der Waals surface area contributed by atoms with Gasteiger partial charge in [0.25, 0.3) is 0 Å². The molecule has 1 heterocycles. The molecule has 1 atom stereocenters. The second-order valence-electron chi connectivity index (χ2n) is 2.37. The third kappa shape index (κ3) is 2.51. The average Bonchev–Trinajstić information content (AvgIpc) is 2.05. The van der Waals surface area contributed by atoms with E-state index >= 15 is 0 Å². The van der Waals surface area contributed by atoms with Gasteiger partial charge in [-0.2, -0.15) is 0 Å². The minimum absolute atomic E-state index is 0.164. The van der Waals surface area contributed by atoms with Crippen LogP contribution in [0, 0.1) is 0 Å². The van der Waals surface area contributed by atoms with Crippen LogP contribution in [0.1, 0.15) is 6.92 Å². The van der Waals surface area contributed by atoms with Gasteiger partial charge < -0.3 is 0 Å². The number of Topliss-reactive ketones (excluding diaryl/α,β-unsaturated/α-hetero) is 1. The van der Waals surface area contributed by atoms with Crippen molar-refractivity contribution in [2.75, 3.05) is 0 Å². The van der Waals surface area contributed by atoms with Gasteiger partial charge in [0, 0.05) is 0 Å². The third-order valence-electron chi connectivity index (χ3n) is 1.36. The Balaban J connectivity index is 2.54. The molecule has 0 aromatic rings. The van der Waals surface area contributed by atoms with Gasteiger partial charge in [0.15, 0.2) is 0 Å². The molecule has 0 N–H and O–H groups in total. The molecule has 1 nitrogen and oxygen atoms in total. The average molecular weight is 233 g/mol. The number of hydrogen-bond acceptors (Lipinski definition) is 2. The van der Waals surface area contributed by atoms with Crippen molar-refractivity contribution in [1.82, 2.24) is 0 Å². The molecule has 0 aromatic carbocycles. The number of rotatable bonds is 2. The van der Waals surface area contributed by atoms with E-state index in [4.69, 9.17) is 0 Å². The predicted octanol–water partition coefficient (Wildman–Crippen LogP) is 1.84. The second-order valence-corrected chi connectivity index (χ2v) is 5.46. The SMILES string of the molecule is C=C(C)C(=O)C1C[Se]C=CS1. The maximum atomic E-state index is 11.4. The van der Waals surface area contributed by atoms with E-state index in [0.717, 1.165) is 5.32 Å². The summed E-state index contributed by atoms with van der Waals surface area (Å²) in [6.45, 7) is 5.44.